The maximum Gasteiger partial charge on any atom is 0.238 e. The first-order valence-corrected chi connectivity index (χ1v) is 6.03. The second-order valence-electron chi connectivity index (χ2n) is 4.20. The molecule has 1 aliphatic heterocycles. The summed E-state index contributed by atoms with van der Waals surface area (Å²) < 4.78 is 10.8. The molecule has 1 saturated heterocycles. The molecule has 18 heavy (non-hydrogen) atoms. The third kappa shape index (κ3) is 2.02. The molecular formula is C11H15N5O2. The van der Waals surface area contributed by atoms with Crippen LogP contribution in [0.4, 0.5) is 0 Å². The van der Waals surface area contributed by atoms with Crippen LogP contribution in [0.5, 0.6) is 0 Å². The van der Waals surface area contributed by atoms with E-state index in [1.165, 1.54) is 0 Å². The molecule has 1 aliphatic rings. The normalized spacial score (nSPS) is 23.6. The Balaban J connectivity index is 1.80. The molecule has 2 aromatic rings. The fraction of sp³-hybridized carbons (Fsp3) is 0.545. The monoisotopic (exact) mass is 249 g/mol. The molecule has 0 bridgehead atoms. The van der Waals surface area contributed by atoms with Crippen molar-refractivity contribution in [3.05, 3.63) is 18.3 Å². The van der Waals surface area contributed by atoms with Gasteiger partial charge in [0.1, 0.15) is 0 Å². The second kappa shape index (κ2) is 4.87. The minimum atomic E-state index is 0.112. The average molecular weight is 249 g/mol. The van der Waals surface area contributed by atoms with Gasteiger partial charge in [-0.25, -0.2) is 4.98 Å². The standard InChI is InChI=1S/C11H15N5O2/c1-2-12-8-6-17-5-7(8)11-15-10(16-18-11)9-13-3-4-14-9/h3-4,7-8,12H,2,5-6H2,1H3,(H,13,14). The van der Waals surface area contributed by atoms with E-state index < -0.39 is 0 Å². The van der Waals surface area contributed by atoms with Crippen LogP contribution in [-0.2, 0) is 4.74 Å². The van der Waals surface area contributed by atoms with Gasteiger partial charge in [-0.05, 0) is 6.54 Å². The third-order valence-corrected chi connectivity index (χ3v) is 3.02. The van der Waals surface area contributed by atoms with Crippen molar-refractivity contribution in [3.8, 4) is 11.6 Å². The van der Waals surface area contributed by atoms with Crippen LogP contribution in [0.2, 0.25) is 0 Å². The van der Waals surface area contributed by atoms with Gasteiger partial charge in [-0.2, -0.15) is 4.98 Å². The lowest BCUT2D eigenvalue weighted by Crippen LogP contribution is -2.34. The molecule has 2 atom stereocenters. The highest BCUT2D eigenvalue weighted by atomic mass is 16.5. The van der Waals surface area contributed by atoms with Gasteiger partial charge in [0.25, 0.3) is 0 Å². The molecular weight excluding hydrogens is 234 g/mol. The molecule has 0 aliphatic carbocycles. The largest absolute Gasteiger partial charge is 0.379 e. The summed E-state index contributed by atoms with van der Waals surface area (Å²) in [6.45, 7) is 4.25. The second-order valence-corrected chi connectivity index (χ2v) is 4.20. The van der Waals surface area contributed by atoms with E-state index in [1.807, 2.05) is 0 Å². The van der Waals surface area contributed by atoms with E-state index in [2.05, 4.69) is 32.3 Å². The number of likely N-dealkylation sites (N-methyl/N-ethyl adjacent to an activating group) is 1. The summed E-state index contributed by atoms with van der Waals surface area (Å²) in [5, 5.41) is 7.30. The molecule has 3 heterocycles. The minimum absolute atomic E-state index is 0.112. The molecule has 0 saturated carbocycles. The fourth-order valence-electron chi connectivity index (χ4n) is 2.13. The van der Waals surface area contributed by atoms with Crippen molar-refractivity contribution in [2.24, 2.45) is 0 Å². The Morgan fingerprint density at radius 2 is 2.44 bits per heavy atom. The van der Waals surface area contributed by atoms with E-state index in [0.717, 1.165) is 6.54 Å². The number of hydrogen-bond acceptors (Lipinski definition) is 6. The van der Waals surface area contributed by atoms with Crippen LogP contribution in [0.25, 0.3) is 11.6 Å². The highest BCUT2D eigenvalue weighted by Gasteiger charge is 2.33. The number of aromatic amines is 1. The molecule has 2 aromatic heterocycles. The summed E-state index contributed by atoms with van der Waals surface area (Å²) in [6.07, 6.45) is 3.39. The van der Waals surface area contributed by atoms with Gasteiger partial charge in [-0.3, -0.25) is 0 Å². The van der Waals surface area contributed by atoms with E-state index in [4.69, 9.17) is 9.26 Å². The van der Waals surface area contributed by atoms with Crippen molar-refractivity contribution in [2.45, 2.75) is 18.9 Å². The van der Waals surface area contributed by atoms with Crippen molar-refractivity contribution in [1.29, 1.82) is 0 Å². The Morgan fingerprint density at radius 1 is 1.50 bits per heavy atom. The number of aromatic nitrogens is 4. The summed E-state index contributed by atoms with van der Waals surface area (Å²) in [6, 6.07) is 0.236. The minimum Gasteiger partial charge on any atom is -0.379 e. The van der Waals surface area contributed by atoms with Gasteiger partial charge < -0.3 is 19.6 Å². The Kier molecular flexibility index (Phi) is 3.07. The number of ether oxygens (including phenoxy) is 1. The number of nitrogens with zero attached hydrogens (tertiary/aromatic N) is 3. The van der Waals surface area contributed by atoms with Crippen LogP contribution in [-0.4, -0.2) is 45.9 Å². The summed E-state index contributed by atoms with van der Waals surface area (Å²) >= 11 is 0. The van der Waals surface area contributed by atoms with Crippen molar-refractivity contribution in [2.75, 3.05) is 19.8 Å². The lowest BCUT2D eigenvalue weighted by Gasteiger charge is -2.13. The maximum atomic E-state index is 5.46. The van der Waals surface area contributed by atoms with Gasteiger partial charge in [-0.15, -0.1) is 0 Å². The molecule has 2 unspecified atom stereocenters. The summed E-state index contributed by atoms with van der Waals surface area (Å²) in [4.78, 5) is 11.4. The van der Waals surface area contributed by atoms with Crippen LogP contribution >= 0.6 is 0 Å². The van der Waals surface area contributed by atoms with Gasteiger partial charge >= 0.3 is 0 Å². The number of imidazole rings is 1. The van der Waals surface area contributed by atoms with E-state index in [9.17, 15) is 0 Å². The predicted octanol–water partition coefficient (Wildman–Crippen LogP) is 0.552. The lowest BCUT2D eigenvalue weighted by atomic mass is 10.0. The van der Waals surface area contributed by atoms with Crippen LogP contribution in [0.15, 0.2) is 16.9 Å². The number of H-pyrrole nitrogens is 1. The topological polar surface area (TPSA) is 88.9 Å². The molecule has 3 rings (SSSR count). The first-order valence-electron chi connectivity index (χ1n) is 6.03. The average Bonchev–Trinajstić information content (AvgIpc) is 3.10. The number of nitrogens with one attached hydrogen (secondary N) is 2. The van der Waals surface area contributed by atoms with E-state index >= 15 is 0 Å². The molecule has 0 radical (unpaired) electrons. The van der Waals surface area contributed by atoms with Crippen molar-refractivity contribution >= 4 is 0 Å². The zero-order chi connectivity index (χ0) is 12.4. The van der Waals surface area contributed by atoms with Crippen molar-refractivity contribution in [3.63, 3.8) is 0 Å². The van der Waals surface area contributed by atoms with Crippen LogP contribution < -0.4 is 5.32 Å². The highest BCUT2D eigenvalue weighted by molar-refractivity contribution is 5.41. The SMILES string of the molecule is CCNC1COCC1c1nc(-c2ncc[nH]2)no1. The van der Waals surface area contributed by atoms with Gasteiger partial charge in [-0.1, -0.05) is 12.1 Å². The van der Waals surface area contributed by atoms with E-state index in [-0.39, 0.29) is 12.0 Å². The Bertz CT molecular complexity index is 495. The molecule has 1 fully saturated rings. The first-order chi connectivity index (χ1) is 8.88. The van der Waals surface area contributed by atoms with Crippen LogP contribution in [0.3, 0.4) is 0 Å². The zero-order valence-corrected chi connectivity index (χ0v) is 10.1. The van der Waals surface area contributed by atoms with Gasteiger partial charge in [0.05, 0.1) is 19.1 Å². The van der Waals surface area contributed by atoms with Crippen molar-refractivity contribution < 1.29 is 9.26 Å². The quantitative estimate of drug-likeness (QED) is 0.822. The Hall–Kier alpha value is -1.73. The number of hydrogen-bond donors (Lipinski definition) is 2. The maximum absolute atomic E-state index is 5.46. The third-order valence-electron chi connectivity index (χ3n) is 3.02. The van der Waals surface area contributed by atoms with E-state index in [0.29, 0.717) is 30.8 Å². The zero-order valence-electron chi connectivity index (χ0n) is 10.1. The van der Waals surface area contributed by atoms with Crippen LogP contribution in [0.1, 0.15) is 18.7 Å². The molecule has 2 N–H and O–H groups in total. The van der Waals surface area contributed by atoms with E-state index in [1.54, 1.807) is 12.4 Å². The molecule has 0 aromatic carbocycles. The smallest absolute Gasteiger partial charge is 0.238 e. The fourth-order valence-corrected chi connectivity index (χ4v) is 2.13. The summed E-state index contributed by atoms with van der Waals surface area (Å²) in [5.74, 6) is 1.81. The summed E-state index contributed by atoms with van der Waals surface area (Å²) in [7, 11) is 0. The predicted molar refractivity (Wildman–Crippen MR) is 62.9 cm³/mol. The molecule has 7 nitrogen and oxygen atoms in total. The van der Waals surface area contributed by atoms with Crippen LogP contribution in [0, 0.1) is 0 Å². The highest BCUT2D eigenvalue weighted by Crippen LogP contribution is 2.25. The van der Waals surface area contributed by atoms with Gasteiger partial charge in [0.2, 0.25) is 11.7 Å². The molecule has 0 spiro atoms. The van der Waals surface area contributed by atoms with Gasteiger partial charge in [0.15, 0.2) is 5.82 Å². The lowest BCUT2D eigenvalue weighted by molar-refractivity contribution is 0.185. The first kappa shape index (κ1) is 11.4. The Morgan fingerprint density at radius 3 is 3.22 bits per heavy atom. The molecule has 96 valence electrons. The number of rotatable bonds is 4. The van der Waals surface area contributed by atoms with Gasteiger partial charge in [0, 0.05) is 18.4 Å². The summed E-state index contributed by atoms with van der Waals surface area (Å²) in [5.41, 5.74) is 0. The Labute approximate surface area is 104 Å². The molecule has 0 amide bonds. The van der Waals surface area contributed by atoms with Crippen molar-refractivity contribution in [1.82, 2.24) is 25.4 Å². The molecule has 7 heteroatoms.